The summed E-state index contributed by atoms with van der Waals surface area (Å²) < 4.78 is 0. The van der Waals surface area contributed by atoms with Crippen LogP contribution >= 0.6 is 0 Å². The SMILES string of the molecule is CN(C)c1ccc(C(c2cccc3ccccc23)N2CCCC(C(=O)O)C2)cc1. The Morgan fingerprint density at radius 1 is 1.03 bits per heavy atom. The number of carboxylic acid groups (broad SMARTS) is 1. The number of rotatable bonds is 5. The largest absolute Gasteiger partial charge is 0.481 e. The molecule has 4 heteroatoms. The Kier molecular flexibility index (Phi) is 5.54. The van der Waals surface area contributed by atoms with Gasteiger partial charge in [0.25, 0.3) is 0 Å². The lowest BCUT2D eigenvalue weighted by atomic mass is 9.89. The first-order valence-corrected chi connectivity index (χ1v) is 10.3. The summed E-state index contributed by atoms with van der Waals surface area (Å²) in [6, 6.07) is 23.6. The third-order valence-electron chi connectivity index (χ3n) is 6.01. The van der Waals surface area contributed by atoms with Crippen LogP contribution in [0.1, 0.15) is 30.0 Å². The zero-order chi connectivity index (χ0) is 20.4. The van der Waals surface area contributed by atoms with Gasteiger partial charge in [-0.2, -0.15) is 0 Å². The first-order valence-electron chi connectivity index (χ1n) is 10.3. The maximum atomic E-state index is 11.7. The van der Waals surface area contributed by atoms with Gasteiger partial charge in [-0.05, 0) is 53.4 Å². The fraction of sp³-hybridized carbons (Fsp3) is 0.320. The number of anilines is 1. The molecule has 1 aliphatic rings. The van der Waals surface area contributed by atoms with E-state index in [1.54, 1.807) is 0 Å². The fourth-order valence-corrected chi connectivity index (χ4v) is 4.47. The van der Waals surface area contributed by atoms with Crippen molar-refractivity contribution in [2.45, 2.75) is 18.9 Å². The first kappa shape index (κ1) is 19.5. The number of hydrogen-bond acceptors (Lipinski definition) is 3. The quantitative estimate of drug-likeness (QED) is 0.682. The third kappa shape index (κ3) is 3.99. The van der Waals surface area contributed by atoms with Crippen molar-refractivity contribution in [1.29, 1.82) is 0 Å². The van der Waals surface area contributed by atoms with E-state index in [2.05, 4.69) is 76.5 Å². The van der Waals surface area contributed by atoms with E-state index in [0.717, 1.165) is 25.1 Å². The number of aliphatic carboxylic acids is 1. The summed E-state index contributed by atoms with van der Waals surface area (Å²) in [7, 11) is 4.08. The second-order valence-electron chi connectivity index (χ2n) is 8.13. The number of nitrogens with zero attached hydrogens (tertiary/aromatic N) is 2. The van der Waals surface area contributed by atoms with Crippen molar-refractivity contribution in [2.75, 3.05) is 32.1 Å². The van der Waals surface area contributed by atoms with Gasteiger partial charge in [0.1, 0.15) is 0 Å². The van der Waals surface area contributed by atoms with Crippen molar-refractivity contribution in [3.8, 4) is 0 Å². The highest BCUT2D eigenvalue weighted by Gasteiger charge is 2.32. The van der Waals surface area contributed by atoms with Crippen molar-refractivity contribution in [1.82, 2.24) is 4.90 Å². The van der Waals surface area contributed by atoms with Gasteiger partial charge in [0, 0.05) is 26.3 Å². The van der Waals surface area contributed by atoms with Gasteiger partial charge in [0.05, 0.1) is 12.0 Å². The Hall–Kier alpha value is -2.85. The molecule has 4 rings (SSSR count). The molecule has 150 valence electrons. The topological polar surface area (TPSA) is 43.8 Å². The van der Waals surface area contributed by atoms with Crippen LogP contribution < -0.4 is 4.90 Å². The molecular weight excluding hydrogens is 360 g/mol. The molecule has 0 aliphatic carbocycles. The fourth-order valence-electron chi connectivity index (χ4n) is 4.47. The standard InChI is InChI=1S/C25H28N2O2/c1-26(2)21-14-12-19(13-15-21)24(27-16-6-9-20(17-27)25(28)29)23-11-5-8-18-7-3-4-10-22(18)23/h3-5,7-8,10-15,20,24H,6,9,16-17H2,1-2H3,(H,28,29). The van der Waals surface area contributed by atoms with E-state index in [-0.39, 0.29) is 12.0 Å². The van der Waals surface area contributed by atoms with E-state index in [0.29, 0.717) is 6.54 Å². The highest BCUT2D eigenvalue weighted by Crippen LogP contribution is 2.36. The number of fused-ring (bicyclic) bond motifs is 1. The Bertz CT molecular complexity index is 992. The van der Waals surface area contributed by atoms with Gasteiger partial charge in [-0.3, -0.25) is 9.69 Å². The van der Waals surface area contributed by atoms with Crippen molar-refractivity contribution in [2.24, 2.45) is 5.92 Å². The van der Waals surface area contributed by atoms with Gasteiger partial charge in [-0.25, -0.2) is 0 Å². The highest BCUT2D eigenvalue weighted by atomic mass is 16.4. The highest BCUT2D eigenvalue weighted by molar-refractivity contribution is 5.86. The predicted molar refractivity (Wildman–Crippen MR) is 118 cm³/mol. The van der Waals surface area contributed by atoms with E-state index >= 15 is 0 Å². The molecule has 0 radical (unpaired) electrons. The van der Waals surface area contributed by atoms with Crippen molar-refractivity contribution < 1.29 is 9.90 Å². The Balaban J connectivity index is 1.81. The number of piperidine rings is 1. The van der Waals surface area contributed by atoms with Gasteiger partial charge in [0.2, 0.25) is 0 Å². The molecule has 29 heavy (non-hydrogen) atoms. The summed E-state index contributed by atoms with van der Waals surface area (Å²) in [5, 5.41) is 12.1. The van der Waals surface area contributed by atoms with Crippen LogP contribution in [0.25, 0.3) is 10.8 Å². The lowest BCUT2D eigenvalue weighted by molar-refractivity contribution is -0.143. The minimum atomic E-state index is -0.686. The van der Waals surface area contributed by atoms with Crippen LogP contribution in [-0.2, 0) is 4.79 Å². The van der Waals surface area contributed by atoms with Crippen molar-refractivity contribution in [3.05, 3.63) is 77.9 Å². The van der Waals surface area contributed by atoms with E-state index in [9.17, 15) is 9.90 Å². The molecule has 1 heterocycles. The first-order chi connectivity index (χ1) is 14.0. The zero-order valence-electron chi connectivity index (χ0n) is 17.1. The molecule has 1 fully saturated rings. The molecule has 1 saturated heterocycles. The van der Waals surface area contributed by atoms with Crippen LogP contribution in [0, 0.1) is 5.92 Å². The van der Waals surface area contributed by atoms with Gasteiger partial charge >= 0.3 is 5.97 Å². The molecule has 0 amide bonds. The lowest BCUT2D eigenvalue weighted by Gasteiger charge is -2.38. The van der Waals surface area contributed by atoms with Crippen molar-refractivity contribution in [3.63, 3.8) is 0 Å². The molecule has 0 aromatic heterocycles. The third-order valence-corrected chi connectivity index (χ3v) is 6.01. The maximum Gasteiger partial charge on any atom is 0.307 e. The zero-order valence-corrected chi connectivity index (χ0v) is 17.1. The Morgan fingerprint density at radius 3 is 2.48 bits per heavy atom. The number of likely N-dealkylation sites (tertiary alicyclic amines) is 1. The van der Waals surface area contributed by atoms with Gasteiger partial charge < -0.3 is 10.0 Å². The maximum absolute atomic E-state index is 11.7. The van der Waals surface area contributed by atoms with Crippen LogP contribution in [0.2, 0.25) is 0 Å². The summed E-state index contributed by atoms with van der Waals surface area (Å²) in [5.41, 5.74) is 3.61. The Labute approximate surface area is 172 Å². The van der Waals surface area contributed by atoms with E-state index in [4.69, 9.17) is 0 Å². The molecule has 0 saturated carbocycles. The minimum Gasteiger partial charge on any atom is -0.481 e. The summed E-state index contributed by atoms with van der Waals surface area (Å²) >= 11 is 0. The Morgan fingerprint density at radius 2 is 1.76 bits per heavy atom. The molecule has 3 aromatic rings. The van der Waals surface area contributed by atoms with E-state index < -0.39 is 5.97 Å². The minimum absolute atomic E-state index is 0.0412. The summed E-state index contributed by atoms with van der Waals surface area (Å²) in [6.07, 6.45) is 1.67. The molecule has 0 spiro atoms. The number of carboxylic acids is 1. The number of carbonyl (C=O) groups is 1. The molecule has 1 aliphatic heterocycles. The van der Waals surface area contributed by atoms with Crippen LogP contribution in [0.15, 0.2) is 66.7 Å². The molecule has 1 N–H and O–H groups in total. The molecule has 4 nitrogen and oxygen atoms in total. The molecule has 2 atom stereocenters. The number of hydrogen-bond donors (Lipinski definition) is 1. The summed E-state index contributed by atoms with van der Waals surface area (Å²) in [4.78, 5) is 16.1. The summed E-state index contributed by atoms with van der Waals surface area (Å²) in [6.45, 7) is 1.49. The van der Waals surface area contributed by atoms with E-state index in [1.807, 2.05) is 14.1 Å². The summed E-state index contributed by atoms with van der Waals surface area (Å²) in [5.74, 6) is -0.989. The second-order valence-corrected chi connectivity index (χ2v) is 8.13. The van der Waals surface area contributed by atoms with Crippen LogP contribution in [0.4, 0.5) is 5.69 Å². The van der Waals surface area contributed by atoms with Crippen LogP contribution in [-0.4, -0.2) is 43.2 Å². The average molecular weight is 389 g/mol. The van der Waals surface area contributed by atoms with Crippen LogP contribution in [0.3, 0.4) is 0 Å². The molecule has 3 aromatic carbocycles. The second kappa shape index (κ2) is 8.26. The van der Waals surface area contributed by atoms with Gasteiger partial charge in [0.15, 0.2) is 0 Å². The average Bonchev–Trinajstić information content (AvgIpc) is 2.75. The molecular formula is C25H28N2O2. The smallest absolute Gasteiger partial charge is 0.307 e. The molecule has 2 unspecified atom stereocenters. The predicted octanol–water partition coefficient (Wildman–Crippen LogP) is 4.79. The monoisotopic (exact) mass is 388 g/mol. The van der Waals surface area contributed by atoms with Crippen molar-refractivity contribution >= 4 is 22.4 Å². The van der Waals surface area contributed by atoms with Gasteiger partial charge in [-0.15, -0.1) is 0 Å². The number of benzene rings is 3. The lowest BCUT2D eigenvalue weighted by Crippen LogP contribution is -2.41. The van der Waals surface area contributed by atoms with Crippen LogP contribution in [0.5, 0.6) is 0 Å². The molecule has 0 bridgehead atoms. The normalized spacial score (nSPS) is 18.5. The van der Waals surface area contributed by atoms with Gasteiger partial charge in [-0.1, -0.05) is 54.6 Å². The van der Waals surface area contributed by atoms with E-state index in [1.165, 1.54) is 21.9 Å².